The van der Waals surface area contributed by atoms with E-state index in [4.69, 9.17) is 21.4 Å². The van der Waals surface area contributed by atoms with Gasteiger partial charge < -0.3 is 9.84 Å². The molecule has 0 fully saturated rings. The molecule has 4 heteroatoms. The second kappa shape index (κ2) is 7.25. The van der Waals surface area contributed by atoms with Crippen molar-refractivity contribution in [2.24, 2.45) is 0 Å². The van der Waals surface area contributed by atoms with Crippen molar-refractivity contribution in [1.82, 2.24) is 0 Å². The van der Waals surface area contributed by atoms with Gasteiger partial charge in [-0.25, -0.2) is 0 Å². The van der Waals surface area contributed by atoms with Crippen molar-refractivity contribution < 1.29 is 14.6 Å². The molecule has 0 spiro atoms. The maximum Gasteiger partial charge on any atom is 0.305 e. The molecule has 1 atom stereocenters. The predicted octanol–water partition coefficient (Wildman–Crippen LogP) is 4.39. The summed E-state index contributed by atoms with van der Waals surface area (Å²) in [5, 5.41) is 9.39. The molecular weight excluding hydrogens is 288 g/mol. The molecule has 21 heavy (non-hydrogen) atoms. The molecule has 0 amide bonds. The summed E-state index contributed by atoms with van der Waals surface area (Å²) in [5.74, 6) is -0.847. The van der Waals surface area contributed by atoms with Crippen LogP contribution in [0.4, 0.5) is 0 Å². The lowest BCUT2D eigenvalue weighted by Gasteiger charge is -2.11. The molecule has 2 rings (SSSR count). The van der Waals surface area contributed by atoms with Crippen LogP contribution >= 0.6 is 11.6 Å². The number of carboxylic acid groups (broad SMARTS) is 1. The van der Waals surface area contributed by atoms with Crippen molar-refractivity contribution in [2.75, 3.05) is 0 Å². The Kier molecular flexibility index (Phi) is 5.37. The third-order valence-electron chi connectivity index (χ3n) is 3.13. The molecule has 0 saturated carbocycles. The first-order chi connectivity index (χ1) is 10.0. The van der Waals surface area contributed by atoms with Gasteiger partial charge in [0.15, 0.2) is 0 Å². The van der Waals surface area contributed by atoms with E-state index in [-0.39, 0.29) is 12.5 Å². The van der Waals surface area contributed by atoms with Gasteiger partial charge in [-0.15, -0.1) is 0 Å². The van der Waals surface area contributed by atoms with E-state index >= 15 is 0 Å². The molecular formula is C17H17ClO3. The Balaban J connectivity index is 1.96. The summed E-state index contributed by atoms with van der Waals surface area (Å²) in [4.78, 5) is 10.6. The topological polar surface area (TPSA) is 46.5 Å². The summed E-state index contributed by atoms with van der Waals surface area (Å²) >= 11 is 5.87. The number of halogens is 1. The lowest BCUT2D eigenvalue weighted by molar-refractivity contribution is -0.140. The lowest BCUT2D eigenvalue weighted by atomic mass is 10.0. The van der Waals surface area contributed by atoms with Gasteiger partial charge in [0.1, 0.15) is 0 Å². The fraction of sp³-hybridized carbons (Fsp3) is 0.235. The number of rotatable bonds is 6. The molecule has 3 nitrogen and oxygen atoms in total. The van der Waals surface area contributed by atoms with Gasteiger partial charge in [-0.1, -0.05) is 48.0 Å². The van der Waals surface area contributed by atoms with Crippen LogP contribution < -0.4 is 0 Å². The molecule has 0 aliphatic heterocycles. The number of hydrogen-bond donors (Lipinski definition) is 1. The highest BCUT2D eigenvalue weighted by Crippen LogP contribution is 2.22. The van der Waals surface area contributed by atoms with Gasteiger partial charge in [0.2, 0.25) is 0 Å². The van der Waals surface area contributed by atoms with Crippen LogP contribution in [0.25, 0.3) is 11.1 Å². The van der Waals surface area contributed by atoms with E-state index in [1.807, 2.05) is 48.5 Å². The van der Waals surface area contributed by atoms with Crippen LogP contribution in [0.2, 0.25) is 5.02 Å². The van der Waals surface area contributed by atoms with E-state index in [0.717, 1.165) is 21.7 Å². The zero-order valence-electron chi connectivity index (χ0n) is 11.8. The molecule has 0 aromatic heterocycles. The molecule has 1 N–H and O–H groups in total. The Hall–Kier alpha value is -1.84. The monoisotopic (exact) mass is 304 g/mol. The first-order valence-corrected chi connectivity index (χ1v) is 7.10. The van der Waals surface area contributed by atoms with Gasteiger partial charge >= 0.3 is 5.97 Å². The van der Waals surface area contributed by atoms with Crippen LogP contribution in [0.5, 0.6) is 0 Å². The summed E-state index contributed by atoms with van der Waals surface area (Å²) in [6, 6.07) is 15.7. The van der Waals surface area contributed by atoms with Crippen molar-refractivity contribution in [3.8, 4) is 11.1 Å². The second-order valence-electron chi connectivity index (χ2n) is 4.92. The Morgan fingerprint density at radius 1 is 1.10 bits per heavy atom. The Bertz CT molecular complexity index is 590. The summed E-state index contributed by atoms with van der Waals surface area (Å²) in [6.45, 7) is 2.17. The molecule has 1 unspecified atom stereocenters. The standard InChI is InChI=1S/C17H17ClO3/c1-12(10-17(19)20)21-11-13-2-4-14(5-3-13)15-6-8-16(18)9-7-15/h2-9,12H,10-11H2,1H3,(H,19,20). The quantitative estimate of drug-likeness (QED) is 0.861. The molecule has 0 saturated heterocycles. The molecule has 0 bridgehead atoms. The van der Waals surface area contributed by atoms with E-state index < -0.39 is 5.97 Å². The summed E-state index contributed by atoms with van der Waals surface area (Å²) < 4.78 is 5.50. The largest absolute Gasteiger partial charge is 0.481 e. The van der Waals surface area contributed by atoms with Gasteiger partial charge in [0.05, 0.1) is 19.1 Å². The predicted molar refractivity (Wildman–Crippen MR) is 83.4 cm³/mol. The Morgan fingerprint density at radius 3 is 2.14 bits per heavy atom. The molecule has 110 valence electrons. The minimum absolute atomic E-state index is 0.0167. The smallest absolute Gasteiger partial charge is 0.305 e. The van der Waals surface area contributed by atoms with E-state index in [0.29, 0.717) is 6.61 Å². The Labute approximate surface area is 129 Å². The molecule has 2 aromatic carbocycles. The third-order valence-corrected chi connectivity index (χ3v) is 3.38. The lowest BCUT2D eigenvalue weighted by Crippen LogP contribution is -2.13. The molecule has 0 heterocycles. The molecule has 2 aromatic rings. The first-order valence-electron chi connectivity index (χ1n) is 6.73. The average molecular weight is 305 g/mol. The fourth-order valence-electron chi connectivity index (χ4n) is 1.98. The first kappa shape index (κ1) is 15.5. The van der Waals surface area contributed by atoms with E-state index in [9.17, 15) is 4.79 Å². The van der Waals surface area contributed by atoms with Crippen molar-refractivity contribution in [3.63, 3.8) is 0 Å². The molecule has 0 aliphatic rings. The number of carbonyl (C=O) groups is 1. The number of hydrogen-bond acceptors (Lipinski definition) is 2. The number of benzene rings is 2. The number of carboxylic acids is 1. The fourth-order valence-corrected chi connectivity index (χ4v) is 2.11. The van der Waals surface area contributed by atoms with Gasteiger partial charge in [0.25, 0.3) is 0 Å². The van der Waals surface area contributed by atoms with Crippen LogP contribution in [0.3, 0.4) is 0 Å². The summed E-state index contributed by atoms with van der Waals surface area (Å²) in [5.41, 5.74) is 3.23. The highest BCUT2D eigenvalue weighted by Gasteiger charge is 2.07. The third kappa shape index (κ3) is 4.88. The van der Waals surface area contributed by atoms with Crippen molar-refractivity contribution in [2.45, 2.75) is 26.1 Å². The zero-order chi connectivity index (χ0) is 15.2. The zero-order valence-corrected chi connectivity index (χ0v) is 12.5. The Morgan fingerprint density at radius 2 is 1.62 bits per heavy atom. The van der Waals surface area contributed by atoms with Crippen molar-refractivity contribution in [3.05, 3.63) is 59.1 Å². The van der Waals surface area contributed by atoms with Crippen molar-refractivity contribution in [1.29, 1.82) is 0 Å². The second-order valence-corrected chi connectivity index (χ2v) is 5.36. The normalized spacial score (nSPS) is 12.1. The highest BCUT2D eigenvalue weighted by atomic mass is 35.5. The average Bonchev–Trinajstić information content (AvgIpc) is 2.46. The van der Waals surface area contributed by atoms with Crippen LogP contribution in [0.1, 0.15) is 18.9 Å². The van der Waals surface area contributed by atoms with Crippen molar-refractivity contribution >= 4 is 17.6 Å². The van der Waals surface area contributed by atoms with Gasteiger partial charge in [0, 0.05) is 5.02 Å². The number of ether oxygens (including phenoxy) is 1. The van der Waals surface area contributed by atoms with Crippen LogP contribution in [-0.4, -0.2) is 17.2 Å². The van der Waals surface area contributed by atoms with Gasteiger partial charge in [-0.3, -0.25) is 4.79 Å². The van der Waals surface area contributed by atoms with E-state index in [2.05, 4.69) is 0 Å². The van der Waals surface area contributed by atoms with Gasteiger partial charge in [-0.05, 0) is 35.7 Å². The number of aliphatic carboxylic acids is 1. The highest BCUT2D eigenvalue weighted by molar-refractivity contribution is 6.30. The van der Waals surface area contributed by atoms with Crippen LogP contribution in [0.15, 0.2) is 48.5 Å². The maximum atomic E-state index is 10.6. The maximum absolute atomic E-state index is 10.6. The minimum atomic E-state index is -0.847. The SMILES string of the molecule is CC(CC(=O)O)OCc1ccc(-c2ccc(Cl)cc2)cc1. The molecule has 0 radical (unpaired) electrons. The van der Waals surface area contributed by atoms with E-state index in [1.165, 1.54) is 0 Å². The molecule has 0 aliphatic carbocycles. The van der Waals surface area contributed by atoms with E-state index in [1.54, 1.807) is 6.92 Å². The minimum Gasteiger partial charge on any atom is -0.481 e. The van der Waals surface area contributed by atoms with Crippen LogP contribution in [-0.2, 0) is 16.1 Å². The van der Waals surface area contributed by atoms with Crippen LogP contribution in [0, 0.1) is 0 Å². The van der Waals surface area contributed by atoms with Gasteiger partial charge in [-0.2, -0.15) is 0 Å². The summed E-state index contributed by atoms with van der Waals surface area (Å²) in [6.07, 6.45) is -0.276. The summed E-state index contributed by atoms with van der Waals surface area (Å²) in [7, 11) is 0.